The summed E-state index contributed by atoms with van der Waals surface area (Å²) in [5.41, 5.74) is 3.60. The summed E-state index contributed by atoms with van der Waals surface area (Å²) in [5, 5.41) is 0.730. The van der Waals surface area contributed by atoms with Crippen LogP contribution in [-0.4, -0.2) is 41.9 Å². The quantitative estimate of drug-likeness (QED) is 0.584. The van der Waals surface area contributed by atoms with E-state index in [2.05, 4.69) is 43.0 Å². The third kappa shape index (κ3) is 7.17. The summed E-state index contributed by atoms with van der Waals surface area (Å²) in [5.74, 6) is 1.05. The standard InChI is InChI=1S/C25H33ClN2O/c1-20-3-5-22(6-4-20)9-12-25(29)28(19-23-7-10-24(26)11-8-23)18-17-27-15-13-21(2)14-16-27/h3-8,10-11,21H,9,12-19H2,1-2H3. The van der Waals surface area contributed by atoms with Gasteiger partial charge in [-0.05, 0) is 68.5 Å². The molecule has 4 heteroatoms. The summed E-state index contributed by atoms with van der Waals surface area (Å²) in [6, 6.07) is 16.3. The van der Waals surface area contributed by atoms with Gasteiger partial charge in [0.1, 0.15) is 0 Å². The Bertz CT molecular complexity index is 764. The van der Waals surface area contributed by atoms with Crippen LogP contribution in [0.3, 0.4) is 0 Å². The Labute approximate surface area is 180 Å². The molecular formula is C25H33ClN2O. The fourth-order valence-electron chi connectivity index (χ4n) is 3.81. The summed E-state index contributed by atoms with van der Waals surface area (Å²) < 4.78 is 0. The maximum atomic E-state index is 13.1. The van der Waals surface area contributed by atoms with Crippen LogP contribution in [-0.2, 0) is 17.8 Å². The number of amides is 1. The fraction of sp³-hybridized carbons (Fsp3) is 0.480. The Morgan fingerprint density at radius 2 is 1.66 bits per heavy atom. The molecule has 1 fully saturated rings. The Hall–Kier alpha value is -1.84. The van der Waals surface area contributed by atoms with Crippen molar-refractivity contribution >= 4 is 17.5 Å². The number of hydrogen-bond donors (Lipinski definition) is 0. The van der Waals surface area contributed by atoms with E-state index in [1.165, 1.54) is 24.0 Å². The molecule has 3 nitrogen and oxygen atoms in total. The van der Waals surface area contributed by atoms with Gasteiger partial charge < -0.3 is 9.80 Å². The van der Waals surface area contributed by atoms with Crippen LogP contribution in [0.15, 0.2) is 48.5 Å². The van der Waals surface area contributed by atoms with Crippen LogP contribution in [0.5, 0.6) is 0 Å². The van der Waals surface area contributed by atoms with Gasteiger partial charge in [0, 0.05) is 31.1 Å². The molecule has 29 heavy (non-hydrogen) atoms. The van der Waals surface area contributed by atoms with E-state index >= 15 is 0 Å². The van der Waals surface area contributed by atoms with E-state index in [4.69, 9.17) is 11.6 Å². The fourth-order valence-corrected chi connectivity index (χ4v) is 3.94. The van der Waals surface area contributed by atoms with Crippen molar-refractivity contribution in [3.05, 3.63) is 70.2 Å². The van der Waals surface area contributed by atoms with Gasteiger partial charge in [-0.25, -0.2) is 0 Å². The van der Waals surface area contributed by atoms with Crippen molar-refractivity contribution in [3.63, 3.8) is 0 Å². The number of benzene rings is 2. The number of carbonyl (C=O) groups excluding carboxylic acids is 1. The molecule has 0 atom stereocenters. The van der Waals surface area contributed by atoms with Crippen molar-refractivity contribution in [1.82, 2.24) is 9.80 Å². The zero-order chi connectivity index (χ0) is 20.6. The third-order valence-corrected chi connectivity index (χ3v) is 6.20. The van der Waals surface area contributed by atoms with Gasteiger partial charge in [-0.3, -0.25) is 4.79 Å². The van der Waals surface area contributed by atoms with E-state index in [1.807, 2.05) is 29.2 Å². The van der Waals surface area contributed by atoms with Crippen LogP contribution in [0, 0.1) is 12.8 Å². The monoisotopic (exact) mass is 412 g/mol. The smallest absolute Gasteiger partial charge is 0.223 e. The van der Waals surface area contributed by atoms with E-state index in [9.17, 15) is 4.79 Å². The molecular weight excluding hydrogens is 380 g/mol. The molecule has 156 valence electrons. The average Bonchev–Trinajstić information content (AvgIpc) is 2.73. The molecule has 0 aliphatic carbocycles. The number of likely N-dealkylation sites (tertiary alicyclic amines) is 1. The Morgan fingerprint density at radius 3 is 2.31 bits per heavy atom. The van der Waals surface area contributed by atoms with Crippen LogP contribution in [0.1, 0.15) is 42.9 Å². The highest BCUT2D eigenvalue weighted by Crippen LogP contribution is 2.17. The lowest BCUT2D eigenvalue weighted by atomic mass is 9.99. The van der Waals surface area contributed by atoms with Gasteiger partial charge in [-0.15, -0.1) is 0 Å². The molecule has 0 aromatic heterocycles. The van der Waals surface area contributed by atoms with Crippen molar-refractivity contribution in [1.29, 1.82) is 0 Å². The van der Waals surface area contributed by atoms with Crippen LogP contribution in [0.2, 0.25) is 5.02 Å². The number of rotatable bonds is 8. The molecule has 0 radical (unpaired) electrons. The first-order valence-electron chi connectivity index (χ1n) is 10.8. The first kappa shape index (κ1) is 21.9. The maximum absolute atomic E-state index is 13.1. The molecule has 1 amide bonds. The van der Waals surface area contributed by atoms with Gasteiger partial charge in [0.05, 0.1) is 0 Å². The topological polar surface area (TPSA) is 23.6 Å². The lowest BCUT2D eigenvalue weighted by Crippen LogP contribution is -2.41. The molecule has 2 aromatic rings. The first-order valence-corrected chi connectivity index (χ1v) is 11.2. The van der Waals surface area contributed by atoms with Gasteiger partial charge in [0.2, 0.25) is 5.91 Å². The molecule has 1 saturated heterocycles. The third-order valence-electron chi connectivity index (χ3n) is 5.95. The van der Waals surface area contributed by atoms with E-state index in [-0.39, 0.29) is 5.91 Å². The molecule has 0 unspecified atom stereocenters. The highest BCUT2D eigenvalue weighted by Gasteiger charge is 2.19. The summed E-state index contributed by atoms with van der Waals surface area (Å²) >= 11 is 6.03. The van der Waals surface area contributed by atoms with Crippen molar-refractivity contribution in [3.8, 4) is 0 Å². The molecule has 0 saturated carbocycles. The summed E-state index contributed by atoms with van der Waals surface area (Å²) in [6.45, 7) is 9.10. The number of halogens is 1. The number of nitrogens with zero attached hydrogens (tertiary/aromatic N) is 2. The highest BCUT2D eigenvalue weighted by molar-refractivity contribution is 6.30. The molecule has 1 heterocycles. The summed E-state index contributed by atoms with van der Waals surface area (Å²) in [6.07, 6.45) is 3.86. The number of piperidine rings is 1. The average molecular weight is 413 g/mol. The Morgan fingerprint density at radius 1 is 1.03 bits per heavy atom. The van der Waals surface area contributed by atoms with Crippen molar-refractivity contribution in [2.24, 2.45) is 5.92 Å². The second kappa shape index (κ2) is 10.8. The minimum Gasteiger partial charge on any atom is -0.337 e. The number of hydrogen-bond acceptors (Lipinski definition) is 2. The molecule has 2 aromatic carbocycles. The molecule has 1 aliphatic heterocycles. The largest absolute Gasteiger partial charge is 0.337 e. The molecule has 0 bridgehead atoms. The summed E-state index contributed by atoms with van der Waals surface area (Å²) in [7, 11) is 0. The highest BCUT2D eigenvalue weighted by atomic mass is 35.5. The van der Waals surface area contributed by atoms with Crippen molar-refractivity contribution in [2.75, 3.05) is 26.2 Å². The minimum atomic E-state index is 0.228. The lowest BCUT2D eigenvalue weighted by Gasteiger charge is -2.32. The molecule has 1 aliphatic rings. The zero-order valence-electron chi connectivity index (χ0n) is 17.7. The minimum absolute atomic E-state index is 0.228. The van der Waals surface area contributed by atoms with Gasteiger partial charge in [-0.2, -0.15) is 0 Å². The van der Waals surface area contributed by atoms with Crippen LogP contribution >= 0.6 is 11.6 Å². The maximum Gasteiger partial charge on any atom is 0.223 e. The van der Waals surface area contributed by atoms with E-state index in [0.717, 1.165) is 49.1 Å². The normalized spacial score (nSPS) is 15.4. The zero-order valence-corrected chi connectivity index (χ0v) is 18.5. The van der Waals surface area contributed by atoms with Crippen molar-refractivity contribution in [2.45, 2.75) is 46.1 Å². The Balaban J connectivity index is 1.59. The predicted molar refractivity (Wildman–Crippen MR) is 121 cm³/mol. The first-order chi connectivity index (χ1) is 14.0. The van der Waals surface area contributed by atoms with Gasteiger partial charge in [0.25, 0.3) is 0 Å². The van der Waals surface area contributed by atoms with E-state index in [0.29, 0.717) is 13.0 Å². The van der Waals surface area contributed by atoms with Gasteiger partial charge in [-0.1, -0.05) is 60.5 Å². The number of carbonyl (C=O) groups is 1. The van der Waals surface area contributed by atoms with Crippen LogP contribution in [0.25, 0.3) is 0 Å². The van der Waals surface area contributed by atoms with Crippen LogP contribution in [0.4, 0.5) is 0 Å². The van der Waals surface area contributed by atoms with Crippen molar-refractivity contribution < 1.29 is 4.79 Å². The SMILES string of the molecule is Cc1ccc(CCC(=O)N(CCN2CCC(C)CC2)Cc2ccc(Cl)cc2)cc1. The molecule has 0 N–H and O–H groups in total. The Kier molecular flexibility index (Phi) is 8.14. The molecule has 0 spiro atoms. The number of aryl methyl sites for hydroxylation is 2. The van der Waals surface area contributed by atoms with E-state index < -0.39 is 0 Å². The second-order valence-electron chi connectivity index (χ2n) is 8.45. The van der Waals surface area contributed by atoms with Gasteiger partial charge >= 0.3 is 0 Å². The van der Waals surface area contributed by atoms with E-state index in [1.54, 1.807) is 0 Å². The summed E-state index contributed by atoms with van der Waals surface area (Å²) in [4.78, 5) is 17.6. The van der Waals surface area contributed by atoms with Gasteiger partial charge in [0.15, 0.2) is 0 Å². The lowest BCUT2D eigenvalue weighted by molar-refractivity contribution is -0.132. The van der Waals surface area contributed by atoms with Crippen LogP contribution < -0.4 is 0 Å². The predicted octanol–water partition coefficient (Wildman–Crippen LogP) is 5.34. The molecule has 3 rings (SSSR count). The second-order valence-corrected chi connectivity index (χ2v) is 8.89.